The van der Waals surface area contributed by atoms with Crippen LogP contribution in [0.25, 0.3) is 22.3 Å². The maximum Gasteiger partial charge on any atom is 0.264 e. The second-order valence-corrected chi connectivity index (χ2v) is 6.92. The van der Waals surface area contributed by atoms with Crippen LogP contribution in [0.5, 0.6) is 0 Å². The number of halogens is 4. The summed E-state index contributed by atoms with van der Waals surface area (Å²) in [7, 11) is 1.69. The first-order valence-corrected chi connectivity index (χ1v) is 9.13. The van der Waals surface area contributed by atoms with Crippen molar-refractivity contribution in [2.45, 2.75) is 19.9 Å². The van der Waals surface area contributed by atoms with E-state index in [4.69, 9.17) is 0 Å². The van der Waals surface area contributed by atoms with Crippen LogP contribution < -0.4 is 5.32 Å². The molecule has 1 N–H and O–H groups in total. The molecule has 7 nitrogen and oxygen atoms in total. The minimum atomic E-state index is -2.78. The summed E-state index contributed by atoms with van der Waals surface area (Å²) in [6.45, 7) is 1.18. The molecule has 1 amide bonds. The molecule has 0 radical (unpaired) electrons. The van der Waals surface area contributed by atoms with Gasteiger partial charge in [-0.05, 0) is 25.1 Å². The number of nitrogens with one attached hydrogen (secondary N) is 1. The highest BCUT2D eigenvalue weighted by molar-refractivity contribution is 5.92. The first-order chi connectivity index (χ1) is 14.7. The lowest BCUT2D eigenvalue weighted by Crippen LogP contribution is -2.20. The minimum absolute atomic E-state index is 0.0503. The normalized spacial score (nSPS) is 11.5. The number of fused-ring (bicyclic) bond motifs is 1. The summed E-state index contributed by atoms with van der Waals surface area (Å²) in [4.78, 5) is 16.9. The molecular weight excluding hydrogens is 416 g/mol. The number of carbonyl (C=O) groups excluding carboxylic acids is 1. The van der Waals surface area contributed by atoms with E-state index in [1.165, 1.54) is 27.7 Å². The average Bonchev–Trinajstić information content (AvgIpc) is 3.27. The number of benzene rings is 1. The van der Waals surface area contributed by atoms with Crippen molar-refractivity contribution >= 4 is 22.6 Å². The zero-order chi connectivity index (χ0) is 22.3. The highest BCUT2D eigenvalue weighted by Gasteiger charge is 2.22. The van der Waals surface area contributed by atoms with Crippen LogP contribution >= 0.6 is 0 Å². The van der Waals surface area contributed by atoms with Gasteiger partial charge in [0, 0.05) is 36.1 Å². The molecule has 11 heteroatoms. The molecule has 4 rings (SSSR count). The molecular formula is C20H16F4N6O. The fraction of sp³-hybridized carbons (Fsp3) is 0.200. The van der Waals surface area contributed by atoms with Gasteiger partial charge >= 0.3 is 0 Å². The van der Waals surface area contributed by atoms with Crippen molar-refractivity contribution in [3.05, 3.63) is 59.6 Å². The van der Waals surface area contributed by atoms with Crippen molar-refractivity contribution in [3.8, 4) is 11.3 Å². The third-order valence-corrected chi connectivity index (χ3v) is 4.64. The van der Waals surface area contributed by atoms with Gasteiger partial charge in [0.2, 0.25) is 5.91 Å². The minimum Gasteiger partial charge on any atom is -0.324 e. The van der Waals surface area contributed by atoms with Gasteiger partial charge in [-0.3, -0.25) is 9.48 Å². The van der Waals surface area contributed by atoms with Crippen LogP contribution in [0.15, 0.2) is 36.7 Å². The van der Waals surface area contributed by atoms with E-state index < -0.39 is 24.0 Å². The summed E-state index contributed by atoms with van der Waals surface area (Å²) >= 11 is 0. The second kappa shape index (κ2) is 7.82. The smallest absolute Gasteiger partial charge is 0.264 e. The van der Waals surface area contributed by atoms with E-state index in [1.807, 2.05) is 0 Å². The Balaban J connectivity index is 1.72. The largest absolute Gasteiger partial charge is 0.324 e. The molecule has 0 fully saturated rings. The lowest BCUT2D eigenvalue weighted by atomic mass is 10.1. The lowest BCUT2D eigenvalue weighted by molar-refractivity contribution is -0.116. The fourth-order valence-corrected chi connectivity index (χ4v) is 3.28. The maximum atomic E-state index is 13.8. The summed E-state index contributed by atoms with van der Waals surface area (Å²) in [5.41, 5.74) is 0.981. The van der Waals surface area contributed by atoms with E-state index in [9.17, 15) is 22.4 Å². The monoisotopic (exact) mass is 432 g/mol. The van der Waals surface area contributed by atoms with E-state index in [-0.39, 0.29) is 40.2 Å². The number of carbonyl (C=O) groups is 1. The van der Waals surface area contributed by atoms with Gasteiger partial charge in [0.05, 0.1) is 23.0 Å². The summed E-state index contributed by atoms with van der Waals surface area (Å²) < 4.78 is 56.7. The first kappa shape index (κ1) is 20.5. The number of hydrogen-bond acceptors (Lipinski definition) is 4. The second-order valence-electron chi connectivity index (χ2n) is 6.92. The Kier molecular flexibility index (Phi) is 5.17. The molecule has 4 aromatic rings. The van der Waals surface area contributed by atoms with Gasteiger partial charge < -0.3 is 5.32 Å². The molecule has 160 valence electrons. The Labute approximate surface area is 173 Å². The summed E-state index contributed by atoms with van der Waals surface area (Å²) in [5.74, 6) is -2.76. The molecule has 0 unspecified atom stereocenters. The van der Waals surface area contributed by atoms with Gasteiger partial charge in [-0.15, -0.1) is 0 Å². The zero-order valence-electron chi connectivity index (χ0n) is 16.4. The van der Waals surface area contributed by atoms with Gasteiger partial charge in [-0.2, -0.15) is 10.2 Å². The SMILES string of the molecule is Cc1nn(CC(=O)Nc2ccc(F)c(F)c2)c2nc(-c3cnn(C)c3)cc(C(F)F)c12. The van der Waals surface area contributed by atoms with Gasteiger partial charge in [-0.25, -0.2) is 27.2 Å². The molecule has 0 bridgehead atoms. The topological polar surface area (TPSA) is 77.6 Å². The Hall–Kier alpha value is -3.76. The van der Waals surface area contributed by atoms with E-state index in [0.29, 0.717) is 5.56 Å². The fourth-order valence-electron chi connectivity index (χ4n) is 3.28. The third kappa shape index (κ3) is 3.98. The van der Waals surface area contributed by atoms with E-state index >= 15 is 0 Å². The molecule has 0 atom stereocenters. The Morgan fingerprint density at radius 3 is 2.61 bits per heavy atom. The number of anilines is 1. The van der Waals surface area contributed by atoms with E-state index in [0.717, 1.165) is 12.1 Å². The number of hydrogen-bond donors (Lipinski definition) is 1. The van der Waals surface area contributed by atoms with Gasteiger partial charge in [0.1, 0.15) is 6.54 Å². The van der Waals surface area contributed by atoms with Crippen molar-refractivity contribution in [1.82, 2.24) is 24.5 Å². The Morgan fingerprint density at radius 1 is 1.19 bits per heavy atom. The van der Waals surface area contributed by atoms with E-state index in [2.05, 4.69) is 20.5 Å². The molecule has 0 saturated carbocycles. The van der Waals surface area contributed by atoms with Crippen LogP contribution in [-0.4, -0.2) is 30.5 Å². The first-order valence-electron chi connectivity index (χ1n) is 9.13. The molecule has 3 aromatic heterocycles. The number of aryl methyl sites for hydroxylation is 2. The Bertz CT molecular complexity index is 1300. The van der Waals surface area contributed by atoms with Gasteiger partial charge in [-0.1, -0.05) is 0 Å². The van der Waals surface area contributed by atoms with Gasteiger partial charge in [0.15, 0.2) is 17.3 Å². The van der Waals surface area contributed by atoms with Crippen molar-refractivity contribution < 1.29 is 22.4 Å². The van der Waals surface area contributed by atoms with E-state index in [1.54, 1.807) is 20.2 Å². The van der Waals surface area contributed by atoms with Crippen LogP contribution in [0.1, 0.15) is 17.7 Å². The predicted octanol–water partition coefficient (Wildman–Crippen LogP) is 3.99. The predicted molar refractivity (Wildman–Crippen MR) is 104 cm³/mol. The van der Waals surface area contributed by atoms with Crippen LogP contribution in [0.4, 0.5) is 23.2 Å². The number of alkyl halides is 2. The van der Waals surface area contributed by atoms with Crippen LogP contribution in [-0.2, 0) is 18.4 Å². The molecule has 0 saturated heterocycles. The van der Waals surface area contributed by atoms with Crippen LogP contribution in [0, 0.1) is 18.6 Å². The average molecular weight is 432 g/mol. The summed E-state index contributed by atoms with van der Waals surface area (Å²) in [6.07, 6.45) is 0.341. The maximum absolute atomic E-state index is 13.8. The Morgan fingerprint density at radius 2 is 1.97 bits per heavy atom. The number of amides is 1. The van der Waals surface area contributed by atoms with Crippen LogP contribution in [0.3, 0.4) is 0 Å². The molecule has 0 spiro atoms. The quantitative estimate of drug-likeness (QED) is 0.484. The van der Waals surface area contributed by atoms with Crippen molar-refractivity contribution in [1.29, 1.82) is 0 Å². The number of nitrogens with zero attached hydrogens (tertiary/aromatic N) is 5. The summed E-state index contributed by atoms with van der Waals surface area (Å²) in [5, 5.41) is 10.8. The number of aromatic nitrogens is 5. The molecule has 3 heterocycles. The highest BCUT2D eigenvalue weighted by Crippen LogP contribution is 2.33. The molecule has 1 aromatic carbocycles. The van der Waals surface area contributed by atoms with Crippen molar-refractivity contribution in [2.75, 3.05) is 5.32 Å². The number of pyridine rings is 1. The van der Waals surface area contributed by atoms with Crippen molar-refractivity contribution in [3.63, 3.8) is 0 Å². The lowest BCUT2D eigenvalue weighted by Gasteiger charge is -2.08. The zero-order valence-corrected chi connectivity index (χ0v) is 16.4. The highest BCUT2D eigenvalue weighted by atomic mass is 19.3. The van der Waals surface area contributed by atoms with Crippen molar-refractivity contribution in [2.24, 2.45) is 7.05 Å². The standard InChI is InChI=1S/C20H16F4N6O/c1-10-18-13(19(23)24)6-16(11-7-25-29(2)8-11)27-20(18)30(28-10)9-17(31)26-12-3-4-14(21)15(22)5-12/h3-8,19H,9H2,1-2H3,(H,26,31). The molecule has 31 heavy (non-hydrogen) atoms. The van der Waals surface area contributed by atoms with Crippen LogP contribution in [0.2, 0.25) is 0 Å². The molecule has 0 aliphatic rings. The summed E-state index contributed by atoms with van der Waals surface area (Å²) in [6, 6.07) is 4.21. The third-order valence-electron chi connectivity index (χ3n) is 4.64. The number of rotatable bonds is 5. The molecule has 0 aliphatic heterocycles. The molecule has 0 aliphatic carbocycles. The van der Waals surface area contributed by atoms with Gasteiger partial charge in [0.25, 0.3) is 6.43 Å².